The zero-order chi connectivity index (χ0) is 13.7. The Kier molecular flexibility index (Phi) is 4.13. The number of pyridine rings is 1. The first-order chi connectivity index (χ1) is 9.19. The maximum Gasteiger partial charge on any atom is 0.229 e. The summed E-state index contributed by atoms with van der Waals surface area (Å²) in [6.45, 7) is 1.99. The molecule has 4 nitrogen and oxygen atoms in total. The Bertz CT molecular complexity index is 582. The van der Waals surface area contributed by atoms with Crippen molar-refractivity contribution in [1.29, 1.82) is 0 Å². The average Bonchev–Trinajstić information content (AvgIpc) is 2.41. The number of methoxy groups -OCH3 is 1. The van der Waals surface area contributed by atoms with E-state index in [1.807, 2.05) is 31.2 Å². The predicted molar refractivity (Wildman–Crippen MR) is 74.3 cm³/mol. The van der Waals surface area contributed by atoms with Crippen LogP contribution >= 0.6 is 0 Å². The van der Waals surface area contributed by atoms with Gasteiger partial charge in [-0.3, -0.25) is 4.79 Å². The lowest BCUT2D eigenvalue weighted by Crippen LogP contribution is -2.15. The first-order valence-electron chi connectivity index (χ1n) is 6.03. The van der Waals surface area contributed by atoms with Crippen LogP contribution < -0.4 is 10.1 Å². The Hall–Kier alpha value is -2.36. The van der Waals surface area contributed by atoms with E-state index in [0.29, 0.717) is 18.0 Å². The third kappa shape index (κ3) is 3.55. The molecule has 0 aliphatic heterocycles. The maximum atomic E-state index is 11.9. The topological polar surface area (TPSA) is 51.2 Å². The van der Waals surface area contributed by atoms with Crippen molar-refractivity contribution in [2.24, 2.45) is 0 Å². The Labute approximate surface area is 112 Å². The van der Waals surface area contributed by atoms with Gasteiger partial charge < -0.3 is 10.1 Å². The molecule has 1 N–H and O–H groups in total. The number of carbonyl (C=O) groups is 1. The summed E-state index contributed by atoms with van der Waals surface area (Å²) in [6.07, 6.45) is 1.94. The van der Waals surface area contributed by atoms with Gasteiger partial charge in [0.25, 0.3) is 0 Å². The Balaban J connectivity index is 2.03. The summed E-state index contributed by atoms with van der Waals surface area (Å²) in [4.78, 5) is 16.0. The molecule has 0 aliphatic rings. The molecule has 0 saturated carbocycles. The molecular formula is C15H16N2O2. The molecule has 1 aromatic heterocycles. The second-order valence-corrected chi connectivity index (χ2v) is 4.23. The highest BCUT2D eigenvalue weighted by Gasteiger charge is 2.07. The van der Waals surface area contributed by atoms with Crippen LogP contribution in [0, 0.1) is 6.92 Å². The molecule has 98 valence electrons. The van der Waals surface area contributed by atoms with E-state index in [2.05, 4.69) is 10.3 Å². The van der Waals surface area contributed by atoms with Gasteiger partial charge in [-0.15, -0.1) is 0 Å². The van der Waals surface area contributed by atoms with E-state index >= 15 is 0 Å². The van der Waals surface area contributed by atoms with Crippen LogP contribution in [0.3, 0.4) is 0 Å². The van der Waals surface area contributed by atoms with Crippen LogP contribution in [-0.2, 0) is 11.2 Å². The number of ether oxygens (including phenoxy) is 1. The zero-order valence-corrected chi connectivity index (χ0v) is 11.0. The number of hydrogen-bond acceptors (Lipinski definition) is 3. The molecule has 2 aromatic rings. The summed E-state index contributed by atoms with van der Waals surface area (Å²) < 4.78 is 5.08. The summed E-state index contributed by atoms with van der Waals surface area (Å²) in [5, 5.41) is 2.76. The van der Waals surface area contributed by atoms with Crippen molar-refractivity contribution in [2.45, 2.75) is 13.3 Å². The quantitative estimate of drug-likeness (QED) is 0.914. The molecular weight excluding hydrogens is 240 g/mol. The first kappa shape index (κ1) is 13.1. The fourth-order valence-corrected chi connectivity index (χ4v) is 1.77. The van der Waals surface area contributed by atoms with Crippen molar-refractivity contribution in [3.63, 3.8) is 0 Å². The minimum Gasteiger partial charge on any atom is -0.497 e. The van der Waals surface area contributed by atoms with Gasteiger partial charge in [0, 0.05) is 12.3 Å². The van der Waals surface area contributed by atoms with Crippen LogP contribution in [0.4, 0.5) is 5.82 Å². The SMILES string of the molecule is COc1ccnc(NC(=O)Cc2ccccc2C)c1. The van der Waals surface area contributed by atoms with Gasteiger partial charge in [-0.05, 0) is 24.1 Å². The molecule has 1 heterocycles. The molecule has 0 bridgehead atoms. The zero-order valence-electron chi connectivity index (χ0n) is 11.0. The van der Waals surface area contributed by atoms with Crippen LogP contribution in [-0.4, -0.2) is 18.0 Å². The Morgan fingerprint density at radius 2 is 2.11 bits per heavy atom. The number of hydrogen-bond donors (Lipinski definition) is 1. The third-order valence-electron chi connectivity index (χ3n) is 2.85. The number of aryl methyl sites for hydroxylation is 1. The van der Waals surface area contributed by atoms with Gasteiger partial charge in [0.2, 0.25) is 5.91 Å². The van der Waals surface area contributed by atoms with Gasteiger partial charge in [0.1, 0.15) is 11.6 Å². The molecule has 0 unspecified atom stereocenters. The van der Waals surface area contributed by atoms with Crippen molar-refractivity contribution in [2.75, 3.05) is 12.4 Å². The lowest BCUT2D eigenvalue weighted by Gasteiger charge is -2.07. The fraction of sp³-hybridized carbons (Fsp3) is 0.200. The summed E-state index contributed by atoms with van der Waals surface area (Å²) >= 11 is 0. The minimum absolute atomic E-state index is 0.0879. The van der Waals surface area contributed by atoms with E-state index in [-0.39, 0.29) is 5.91 Å². The number of rotatable bonds is 4. The number of aromatic nitrogens is 1. The Morgan fingerprint density at radius 3 is 2.84 bits per heavy atom. The van der Waals surface area contributed by atoms with Crippen molar-refractivity contribution in [1.82, 2.24) is 4.98 Å². The molecule has 0 aliphatic carbocycles. The fourth-order valence-electron chi connectivity index (χ4n) is 1.77. The second kappa shape index (κ2) is 6.00. The standard InChI is InChI=1S/C15H16N2O2/c1-11-5-3-4-6-12(11)9-15(18)17-14-10-13(19-2)7-8-16-14/h3-8,10H,9H2,1-2H3,(H,16,17,18). The smallest absolute Gasteiger partial charge is 0.229 e. The van der Waals surface area contributed by atoms with Crippen molar-refractivity contribution in [3.8, 4) is 5.75 Å². The van der Waals surface area contributed by atoms with E-state index < -0.39 is 0 Å². The van der Waals surface area contributed by atoms with E-state index in [9.17, 15) is 4.79 Å². The Morgan fingerprint density at radius 1 is 1.32 bits per heavy atom. The van der Waals surface area contributed by atoms with Crippen molar-refractivity contribution in [3.05, 3.63) is 53.7 Å². The van der Waals surface area contributed by atoms with E-state index in [0.717, 1.165) is 11.1 Å². The normalized spacial score (nSPS) is 10.0. The highest BCUT2D eigenvalue weighted by molar-refractivity contribution is 5.91. The molecule has 0 atom stereocenters. The van der Waals surface area contributed by atoms with Crippen LogP contribution in [0.1, 0.15) is 11.1 Å². The molecule has 2 rings (SSSR count). The highest BCUT2D eigenvalue weighted by Crippen LogP contribution is 2.14. The van der Waals surface area contributed by atoms with Gasteiger partial charge in [0.05, 0.1) is 13.5 Å². The number of anilines is 1. The number of nitrogens with zero attached hydrogens (tertiary/aromatic N) is 1. The maximum absolute atomic E-state index is 11.9. The summed E-state index contributed by atoms with van der Waals surface area (Å²) in [7, 11) is 1.58. The van der Waals surface area contributed by atoms with Crippen LogP contribution in [0.5, 0.6) is 5.75 Å². The molecule has 0 saturated heterocycles. The van der Waals surface area contributed by atoms with E-state index in [1.54, 1.807) is 25.4 Å². The van der Waals surface area contributed by atoms with Gasteiger partial charge in [-0.2, -0.15) is 0 Å². The highest BCUT2D eigenvalue weighted by atomic mass is 16.5. The minimum atomic E-state index is -0.0879. The number of amides is 1. The number of benzene rings is 1. The van der Waals surface area contributed by atoms with E-state index in [1.165, 1.54) is 0 Å². The third-order valence-corrected chi connectivity index (χ3v) is 2.85. The molecule has 0 spiro atoms. The number of carbonyl (C=O) groups excluding carboxylic acids is 1. The lowest BCUT2D eigenvalue weighted by atomic mass is 10.1. The van der Waals surface area contributed by atoms with Gasteiger partial charge >= 0.3 is 0 Å². The largest absolute Gasteiger partial charge is 0.497 e. The average molecular weight is 256 g/mol. The second-order valence-electron chi connectivity index (χ2n) is 4.23. The molecule has 0 fully saturated rings. The predicted octanol–water partition coefficient (Wildman–Crippen LogP) is 2.58. The van der Waals surface area contributed by atoms with E-state index in [4.69, 9.17) is 4.74 Å². The van der Waals surface area contributed by atoms with Gasteiger partial charge in [-0.25, -0.2) is 4.98 Å². The summed E-state index contributed by atoms with van der Waals surface area (Å²) in [5.41, 5.74) is 2.12. The summed E-state index contributed by atoms with van der Waals surface area (Å²) in [5.74, 6) is 1.08. The van der Waals surface area contributed by atoms with Crippen molar-refractivity contribution < 1.29 is 9.53 Å². The molecule has 4 heteroatoms. The molecule has 0 radical (unpaired) electrons. The number of nitrogens with one attached hydrogen (secondary N) is 1. The van der Waals surface area contributed by atoms with Crippen LogP contribution in [0.2, 0.25) is 0 Å². The van der Waals surface area contributed by atoms with Crippen LogP contribution in [0.15, 0.2) is 42.6 Å². The van der Waals surface area contributed by atoms with Crippen molar-refractivity contribution >= 4 is 11.7 Å². The molecule has 19 heavy (non-hydrogen) atoms. The van der Waals surface area contributed by atoms with Crippen LogP contribution in [0.25, 0.3) is 0 Å². The lowest BCUT2D eigenvalue weighted by molar-refractivity contribution is -0.115. The summed E-state index contributed by atoms with van der Waals surface area (Å²) in [6, 6.07) is 11.3. The molecule has 1 amide bonds. The first-order valence-corrected chi connectivity index (χ1v) is 6.03. The van der Waals surface area contributed by atoms with Gasteiger partial charge in [0.15, 0.2) is 0 Å². The monoisotopic (exact) mass is 256 g/mol. The molecule has 1 aromatic carbocycles. The van der Waals surface area contributed by atoms with Gasteiger partial charge in [-0.1, -0.05) is 24.3 Å².